The van der Waals surface area contributed by atoms with Crippen molar-refractivity contribution in [1.29, 1.82) is 0 Å². The average molecular weight is 320 g/mol. The van der Waals surface area contributed by atoms with Gasteiger partial charge in [-0.3, -0.25) is 9.55 Å². The maximum Gasteiger partial charge on any atom is 0.358 e. The van der Waals surface area contributed by atoms with Gasteiger partial charge in [0.2, 0.25) is 0 Å². The Labute approximate surface area is 131 Å². The molecular formula is C16H21N2O3P. The normalized spacial score (nSPS) is 12.8. The van der Waals surface area contributed by atoms with Gasteiger partial charge in [-0.2, -0.15) is 0 Å². The highest BCUT2D eigenvalue weighted by Gasteiger charge is 2.37. The van der Waals surface area contributed by atoms with E-state index in [1.165, 1.54) is 0 Å². The molecule has 1 unspecified atom stereocenters. The summed E-state index contributed by atoms with van der Waals surface area (Å²) in [6.07, 6.45) is 1.66. The second kappa shape index (κ2) is 8.08. The minimum atomic E-state index is -3.39. The Kier molecular flexibility index (Phi) is 6.13. The van der Waals surface area contributed by atoms with E-state index in [-0.39, 0.29) is 0 Å². The monoisotopic (exact) mass is 320 g/mol. The Morgan fingerprint density at radius 1 is 1.05 bits per heavy atom. The predicted octanol–water partition coefficient (Wildman–Crippen LogP) is 4.46. The lowest BCUT2D eigenvalue weighted by molar-refractivity contribution is 0.214. The van der Waals surface area contributed by atoms with Gasteiger partial charge in [0.05, 0.1) is 18.9 Å². The van der Waals surface area contributed by atoms with Crippen molar-refractivity contribution in [2.24, 2.45) is 0 Å². The second-order valence-corrected chi connectivity index (χ2v) is 6.66. The third kappa shape index (κ3) is 4.17. The zero-order valence-corrected chi connectivity index (χ0v) is 13.7. The van der Waals surface area contributed by atoms with Gasteiger partial charge in [-0.25, -0.2) is 0 Å². The number of rotatable bonds is 8. The minimum Gasteiger partial charge on any atom is -0.367 e. The molecule has 0 saturated heterocycles. The van der Waals surface area contributed by atoms with E-state index in [4.69, 9.17) is 9.05 Å². The molecule has 0 spiro atoms. The van der Waals surface area contributed by atoms with Crippen LogP contribution in [0, 0.1) is 0 Å². The Morgan fingerprint density at radius 2 is 1.68 bits per heavy atom. The first kappa shape index (κ1) is 16.7. The molecule has 2 aromatic rings. The molecule has 1 aromatic heterocycles. The molecule has 0 aliphatic carbocycles. The summed E-state index contributed by atoms with van der Waals surface area (Å²) in [5, 5.41) is 3.23. The van der Waals surface area contributed by atoms with Gasteiger partial charge in [0.25, 0.3) is 0 Å². The van der Waals surface area contributed by atoms with Gasteiger partial charge in [0, 0.05) is 11.9 Å². The second-order valence-electron chi connectivity index (χ2n) is 4.54. The van der Waals surface area contributed by atoms with Gasteiger partial charge >= 0.3 is 7.60 Å². The summed E-state index contributed by atoms with van der Waals surface area (Å²) in [5.74, 6) is -0.656. The molecule has 1 heterocycles. The lowest BCUT2D eigenvalue weighted by Gasteiger charge is -2.27. The number of nitrogens with one attached hydrogen (secondary N) is 1. The minimum absolute atomic E-state index is 0.303. The van der Waals surface area contributed by atoms with Crippen molar-refractivity contribution in [3.05, 3.63) is 60.4 Å². The van der Waals surface area contributed by atoms with E-state index in [1.807, 2.05) is 48.5 Å². The summed E-state index contributed by atoms with van der Waals surface area (Å²) in [7, 11) is -3.39. The molecule has 118 valence electrons. The molecule has 0 bridgehead atoms. The molecule has 2 rings (SSSR count). The van der Waals surface area contributed by atoms with E-state index in [0.29, 0.717) is 18.9 Å². The standard InChI is InChI=1S/C16H21N2O3P/c1-3-20-22(19,21-4-2)16(15-12-8-9-13-17-15)18-14-10-6-5-7-11-14/h5-13,16,18H,3-4H2,1-2H3. The van der Waals surface area contributed by atoms with Crippen molar-refractivity contribution in [2.45, 2.75) is 19.6 Å². The third-order valence-electron chi connectivity index (χ3n) is 2.98. The van der Waals surface area contributed by atoms with Crippen LogP contribution in [0.1, 0.15) is 25.3 Å². The lowest BCUT2D eigenvalue weighted by Crippen LogP contribution is -2.16. The molecule has 0 amide bonds. The molecule has 0 saturated carbocycles. The van der Waals surface area contributed by atoms with Crippen LogP contribution < -0.4 is 5.32 Å². The van der Waals surface area contributed by atoms with Crippen LogP contribution in [0.4, 0.5) is 5.69 Å². The molecule has 22 heavy (non-hydrogen) atoms. The smallest absolute Gasteiger partial charge is 0.358 e. The number of hydrogen-bond acceptors (Lipinski definition) is 5. The highest BCUT2D eigenvalue weighted by Crippen LogP contribution is 2.60. The van der Waals surface area contributed by atoms with Gasteiger partial charge in [0.15, 0.2) is 5.78 Å². The van der Waals surface area contributed by atoms with Crippen LogP contribution >= 0.6 is 7.60 Å². The number of nitrogens with zero attached hydrogens (tertiary/aromatic N) is 1. The fourth-order valence-electron chi connectivity index (χ4n) is 2.09. The number of para-hydroxylation sites is 1. The van der Waals surface area contributed by atoms with Crippen LogP contribution in [-0.2, 0) is 13.6 Å². The fourth-order valence-corrected chi connectivity index (χ4v) is 3.97. The Bertz CT molecular complexity index is 597. The van der Waals surface area contributed by atoms with E-state index in [9.17, 15) is 4.57 Å². The third-order valence-corrected chi connectivity index (χ3v) is 5.24. The van der Waals surface area contributed by atoms with Gasteiger partial charge in [0.1, 0.15) is 0 Å². The number of benzene rings is 1. The largest absolute Gasteiger partial charge is 0.367 e. The van der Waals surface area contributed by atoms with Gasteiger partial charge in [-0.05, 0) is 38.1 Å². The molecule has 0 aliphatic rings. The summed E-state index contributed by atoms with van der Waals surface area (Å²) in [6, 6.07) is 15.0. The summed E-state index contributed by atoms with van der Waals surface area (Å²) in [5.41, 5.74) is 1.45. The van der Waals surface area contributed by atoms with Crippen LogP contribution in [0.15, 0.2) is 54.7 Å². The lowest BCUT2D eigenvalue weighted by atomic mass is 10.3. The Hall–Kier alpha value is -1.68. The molecule has 0 radical (unpaired) electrons. The SMILES string of the molecule is CCOP(=O)(OCC)C(Nc1ccccc1)c1ccccn1. The van der Waals surface area contributed by atoms with Gasteiger partial charge in [-0.15, -0.1) is 0 Å². The van der Waals surface area contributed by atoms with Crippen LogP contribution in [-0.4, -0.2) is 18.2 Å². The van der Waals surface area contributed by atoms with Crippen molar-refractivity contribution < 1.29 is 13.6 Å². The van der Waals surface area contributed by atoms with E-state index in [1.54, 1.807) is 20.0 Å². The van der Waals surface area contributed by atoms with Crippen LogP contribution in [0.5, 0.6) is 0 Å². The maximum atomic E-state index is 13.2. The highest BCUT2D eigenvalue weighted by atomic mass is 31.2. The maximum absolute atomic E-state index is 13.2. The Morgan fingerprint density at radius 3 is 2.23 bits per heavy atom. The van der Waals surface area contributed by atoms with E-state index >= 15 is 0 Å². The number of hydrogen-bond donors (Lipinski definition) is 1. The van der Waals surface area contributed by atoms with Crippen molar-refractivity contribution in [1.82, 2.24) is 4.98 Å². The highest BCUT2D eigenvalue weighted by molar-refractivity contribution is 7.54. The first-order valence-corrected chi connectivity index (χ1v) is 8.92. The number of pyridine rings is 1. The zero-order valence-electron chi connectivity index (χ0n) is 12.8. The van der Waals surface area contributed by atoms with Crippen LogP contribution in [0.3, 0.4) is 0 Å². The number of anilines is 1. The Balaban J connectivity index is 2.38. The average Bonchev–Trinajstić information content (AvgIpc) is 2.55. The van der Waals surface area contributed by atoms with Gasteiger partial charge < -0.3 is 14.4 Å². The van der Waals surface area contributed by atoms with Crippen molar-refractivity contribution in [3.63, 3.8) is 0 Å². The van der Waals surface area contributed by atoms with E-state index in [0.717, 1.165) is 5.69 Å². The van der Waals surface area contributed by atoms with Crippen molar-refractivity contribution in [3.8, 4) is 0 Å². The zero-order chi connectivity index (χ0) is 15.8. The quantitative estimate of drug-likeness (QED) is 0.728. The molecule has 5 nitrogen and oxygen atoms in total. The summed E-state index contributed by atoms with van der Waals surface area (Å²) >= 11 is 0. The molecule has 1 atom stereocenters. The van der Waals surface area contributed by atoms with E-state index in [2.05, 4.69) is 10.3 Å². The van der Waals surface area contributed by atoms with Crippen molar-refractivity contribution >= 4 is 13.3 Å². The van der Waals surface area contributed by atoms with Crippen molar-refractivity contribution in [2.75, 3.05) is 18.5 Å². The molecule has 0 fully saturated rings. The molecular weight excluding hydrogens is 299 g/mol. The number of aromatic nitrogens is 1. The summed E-state index contributed by atoms with van der Waals surface area (Å²) in [6.45, 7) is 4.20. The van der Waals surface area contributed by atoms with Gasteiger partial charge in [-0.1, -0.05) is 24.3 Å². The van der Waals surface area contributed by atoms with Crippen LogP contribution in [0.2, 0.25) is 0 Å². The molecule has 1 N–H and O–H groups in total. The molecule has 0 aliphatic heterocycles. The molecule has 1 aromatic carbocycles. The fraction of sp³-hybridized carbons (Fsp3) is 0.312. The summed E-state index contributed by atoms with van der Waals surface area (Å²) < 4.78 is 24.2. The topological polar surface area (TPSA) is 60.5 Å². The van der Waals surface area contributed by atoms with Crippen LogP contribution in [0.25, 0.3) is 0 Å². The van der Waals surface area contributed by atoms with E-state index < -0.39 is 13.4 Å². The predicted molar refractivity (Wildman–Crippen MR) is 87.9 cm³/mol. The molecule has 6 heteroatoms. The summed E-state index contributed by atoms with van der Waals surface area (Å²) in [4.78, 5) is 4.31. The first-order valence-electron chi connectivity index (χ1n) is 7.31. The first-order chi connectivity index (χ1) is 10.7.